The van der Waals surface area contributed by atoms with Crippen molar-refractivity contribution in [3.63, 3.8) is 0 Å². The molecule has 0 aliphatic carbocycles. The second-order valence-electron chi connectivity index (χ2n) is 7.28. The topological polar surface area (TPSA) is 55.1 Å². The lowest BCUT2D eigenvalue weighted by Gasteiger charge is -2.17. The lowest BCUT2D eigenvalue weighted by atomic mass is 9.97. The van der Waals surface area contributed by atoms with Gasteiger partial charge in [0.15, 0.2) is 0 Å². The van der Waals surface area contributed by atoms with Gasteiger partial charge < -0.3 is 9.67 Å². The molecular formula is C22H25ClN2O2S. The maximum absolute atomic E-state index is 11.5. The molecule has 1 atom stereocenters. The molecule has 6 heteroatoms. The minimum atomic E-state index is -0.776. The molecule has 0 amide bonds. The monoisotopic (exact) mass is 416 g/mol. The first-order valence-electron chi connectivity index (χ1n) is 9.45. The maximum Gasteiger partial charge on any atom is 0.304 e. The molecule has 2 heterocycles. The second kappa shape index (κ2) is 8.58. The Morgan fingerprint density at radius 2 is 1.93 bits per heavy atom. The van der Waals surface area contributed by atoms with Crippen LogP contribution in [0.15, 0.2) is 46.3 Å². The van der Waals surface area contributed by atoms with Gasteiger partial charge in [-0.05, 0) is 42.7 Å². The summed E-state index contributed by atoms with van der Waals surface area (Å²) in [6.45, 7) is 6.32. The lowest BCUT2D eigenvalue weighted by Crippen LogP contribution is -2.10. The van der Waals surface area contributed by atoms with E-state index in [1.807, 2.05) is 50.5 Å². The smallest absolute Gasteiger partial charge is 0.304 e. The van der Waals surface area contributed by atoms with Crippen LogP contribution in [0.3, 0.4) is 0 Å². The lowest BCUT2D eigenvalue weighted by molar-refractivity contribution is -0.137. The number of hydrogen-bond acceptors (Lipinski definition) is 3. The molecule has 1 aromatic carbocycles. The van der Waals surface area contributed by atoms with Gasteiger partial charge in [0.05, 0.1) is 17.6 Å². The molecule has 3 aromatic rings. The number of aromatic nitrogens is 2. The molecule has 1 unspecified atom stereocenters. The zero-order valence-electron chi connectivity index (χ0n) is 16.6. The van der Waals surface area contributed by atoms with Crippen molar-refractivity contribution >= 4 is 40.2 Å². The van der Waals surface area contributed by atoms with E-state index in [4.69, 9.17) is 11.6 Å². The summed E-state index contributed by atoms with van der Waals surface area (Å²) >= 11 is 7.72. The van der Waals surface area contributed by atoms with Crippen LogP contribution in [-0.2, 0) is 11.8 Å². The van der Waals surface area contributed by atoms with Crippen molar-refractivity contribution in [3.05, 3.63) is 52.9 Å². The van der Waals surface area contributed by atoms with Gasteiger partial charge in [-0.25, -0.2) is 0 Å². The second-order valence-corrected chi connectivity index (χ2v) is 8.80. The Labute approximate surface area is 174 Å². The number of hydrogen-bond donors (Lipinski definition) is 1. The first-order chi connectivity index (χ1) is 13.3. The zero-order chi connectivity index (χ0) is 20.4. The van der Waals surface area contributed by atoms with Crippen molar-refractivity contribution in [1.82, 2.24) is 9.55 Å². The van der Waals surface area contributed by atoms with E-state index in [2.05, 4.69) is 23.4 Å². The highest BCUT2D eigenvalue weighted by Gasteiger charge is 2.26. The van der Waals surface area contributed by atoms with Crippen molar-refractivity contribution in [3.8, 4) is 0 Å². The van der Waals surface area contributed by atoms with Gasteiger partial charge in [0.2, 0.25) is 0 Å². The molecule has 0 aliphatic rings. The summed E-state index contributed by atoms with van der Waals surface area (Å²) in [6.07, 6.45) is 2.71. The first kappa shape index (κ1) is 20.7. The van der Waals surface area contributed by atoms with Gasteiger partial charge in [-0.3, -0.25) is 9.78 Å². The summed E-state index contributed by atoms with van der Waals surface area (Å²) in [4.78, 5) is 18.3. The number of carboxylic acids is 1. The molecule has 1 N–H and O–H groups in total. The minimum absolute atomic E-state index is 0.0651. The number of pyridine rings is 1. The number of rotatable bonds is 7. The number of aryl methyl sites for hydroxylation is 1. The van der Waals surface area contributed by atoms with Gasteiger partial charge in [-0.1, -0.05) is 44.1 Å². The molecule has 3 rings (SSSR count). The SMILES string of the molecule is CCC(CC(=O)O)c1c(Sc2ccc(Cl)cc2)c2c(C(C)C)nccc2n1C. The highest BCUT2D eigenvalue weighted by Crippen LogP contribution is 2.44. The van der Waals surface area contributed by atoms with Crippen LogP contribution in [0.1, 0.15) is 56.8 Å². The predicted octanol–water partition coefficient (Wildman–Crippen LogP) is 6.47. The summed E-state index contributed by atoms with van der Waals surface area (Å²) in [5.74, 6) is -0.575. The van der Waals surface area contributed by atoms with Gasteiger partial charge in [0.25, 0.3) is 0 Å². The fraction of sp³-hybridized carbons (Fsp3) is 0.364. The van der Waals surface area contributed by atoms with Crippen LogP contribution in [0.25, 0.3) is 10.9 Å². The number of carbonyl (C=O) groups is 1. The standard InChI is InChI=1S/C22H25ClN2O2S/c1-5-14(12-18(26)27)21-22(28-16-8-6-15(23)7-9-16)19-17(25(21)4)10-11-24-20(19)13(2)3/h6-11,13-14H,5,12H2,1-4H3,(H,26,27). The summed E-state index contributed by atoms with van der Waals surface area (Å²) in [6, 6.07) is 9.78. The van der Waals surface area contributed by atoms with Crippen LogP contribution in [-0.4, -0.2) is 20.6 Å². The van der Waals surface area contributed by atoms with E-state index < -0.39 is 5.97 Å². The average Bonchev–Trinajstić information content (AvgIpc) is 2.93. The van der Waals surface area contributed by atoms with Crippen LogP contribution in [0.5, 0.6) is 0 Å². The van der Waals surface area contributed by atoms with Gasteiger partial charge in [0.1, 0.15) is 0 Å². The Morgan fingerprint density at radius 1 is 1.25 bits per heavy atom. The van der Waals surface area contributed by atoms with Crippen molar-refractivity contribution < 1.29 is 9.90 Å². The first-order valence-corrected chi connectivity index (χ1v) is 10.6. The average molecular weight is 417 g/mol. The van der Waals surface area contributed by atoms with E-state index in [1.54, 1.807) is 11.8 Å². The molecule has 0 bridgehead atoms. The Morgan fingerprint density at radius 3 is 2.50 bits per heavy atom. The van der Waals surface area contributed by atoms with Gasteiger partial charge in [-0.15, -0.1) is 0 Å². The van der Waals surface area contributed by atoms with E-state index >= 15 is 0 Å². The maximum atomic E-state index is 11.5. The summed E-state index contributed by atoms with van der Waals surface area (Å²) in [5, 5.41) is 11.3. The van der Waals surface area contributed by atoms with E-state index in [0.717, 1.165) is 38.5 Å². The third-order valence-electron chi connectivity index (χ3n) is 5.02. The number of nitrogens with zero attached hydrogens (tertiary/aromatic N) is 2. The molecular weight excluding hydrogens is 392 g/mol. The minimum Gasteiger partial charge on any atom is -0.481 e. The molecule has 0 saturated heterocycles. The quantitative estimate of drug-likeness (QED) is 0.479. The van der Waals surface area contributed by atoms with Crippen molar-refractivity contribution in [2.75, 3.05) is 0 Å². The van der Waals surface area contributed by atoms with Crippen molar-refractivity contribution in [1.29, 1.82) is 0 Å². The molecule has 148 valence electrons. The fourth-order valence-corrected chi connectivity index (χ4v) is 5.01. The molecule has 4 nitrogen and oxygen atoms in total. The highest BCUT2D eigenvalue weighted by molar-refractivity contribution is 7.99. The van der Waals surface area contributed by atoms with Crippen LogP contribution in [0, 0.1) is 0 Å². The van der Waals surface area contributed by atoms with Gasteiger partial charge in [0, 0.05) is 45.1 Å². The number of fused-ring (bicyclic) bond motifs is 1. The third-order valence-corrected chi connectivity index (χ3v) is 6.40. The fourth-order valence-electron chi connectivity index (χ4n) is 3.66. The normalized spacial score (nSPS) is 12.6. The van der Waals surface area contributed by atoms with E-state index in [-0.39, 0.29) is 18.3 Å². The number of carboxylic acid groups (broad SMARTS) is 1. The molecule has 0 fully saturated rings. The number of benzene rings is 1. The summed E-state index contributed by atoms with van der Waals surface area (Å²) in [7, 11) is 2.03. The Hall–Kier alpha value is -1.98. The molecule has 0 spiro atoms. The van der Waals surface area contributed by atoms with Crippen LogP contribution >= 0.6 is 23.4 Å². The largest absolute Gasteiger partial charge is 0.481 e. The Kier molecular flexibility index (Phi) is 6.36. The van der Waals surface area contributed by atoms with Crippen LogP contribution in [0.2, 0.25) is 5.02 Å². The van der Waals surface area contributed by atoms with Crippen molar-refractivity contribution in [2.24, 2.45) is 7.05 Å². The van der Waals surface area contributed by atoms with Gasteiger partial charge in [-0.2, -0.15) is 0 Å². The van der Waals surface area contributed by atoms with Gasteiger partial charge >= 0.3 is 5.97 Å². The zero-order valence-corrected chi connectivity index (χ0v) is 18.1. The van der Waals surface area contributed by atoms with E-state index in [9.17, 15) is 9.90 Å². The summed E-state index contributed by atoms with van der Waals surface area (Å²) < 4.78 is 2.15. The molecule has 0 saturated carbocycles. The molecule has 28 heavy (non-hydrogen) atoms. The third kappa shape index (κ3) is 4.06. The molecule has 0 radical (unpaired) electrons. The van der Waals surface area contributed by atoms with E-state index in [0.29, 0.717) is 5.02 Å². The highest BCUT2D eigenvalue weighted by atomic mass is 35.5. The van der Waals surface area contributed by atoms with Crippen LogP contribution < -0.4 is 0 Å². The van der Waals surface area contributed by atoms with Crippen LogP contribution in [0.4, 0.5) is 0 Å². The predicted molar refractivity (Wildman–Crippen MR) is 116 cm³/mol. The van der Waals surface area contributed by atoms with E-state index in [1.165, 1.54) is 0 Å². The molecule has 2 aromatic heterocycles. The Bertz CT molecular complexity index is 996. The number of aliphatic carboxylic acids is 1. The van der Waals surface area contributed by atoms with Crippen molar-refractivity contribution in [2.45, 2.75) is 55.2 Å². The molecule has 0 aliphatic heterocycles. The Balaban J connectivity index is 2.27. The number of halogens is 1. The summed E-state index contributed by atoms with van der Waals surface area (Å²) in [5.41, 5.74) is 3.20.